The van der Waals surface area contributed by atoms with Crippen molar-refractivity contribution >= 4 is 49.8 Å². The molecule has 0 aliphatic heterocycles. The molecule has 2 heterocycles. The summed E-state index contributed by atoms with van der Waals surface area (Å²) in [6.07, 6.45) is 3.03. The molecule has 7 heteroatoms. The van der Waals surface area contributed by atoms with Crippen LogP contribution in [0.2, 0.25) is 0 Å². The van der Waals surface area contributed by atoms with Crippen LogP contribution >= 0.6 is 23.6 Å². The second kappa shape index (κ2) is 7.93. The Balaban J connectivity index is 1.78. The molecule has 0 bridgehead atoms. The molecule has 0 aliphatic carbocycles. The molecule has 0 radical (unpaired) electrons. The fraction of sp³-hybridized carbons (Fsp3) is 0.389. The van der Waals surface area contributed by atoms with E-state index in [1.54, 1.807) is 4.57 Å². The third-order valence-electron chi connectivity index (χ3n) is 4.15. The summed E-state index contributed by atoms with van der Waals surface area (Å²) >= 11 is 6.85. The number of benzene rings is 1. The molecule has 0 saturated carbocycles. The summed E-state index contributed by atoms with van der Waals surface area (Å²) in [6.45, 7) is 3.24. The van der Waals surface area contributed by atoms with E-state index < -0.39 is 0 Å². The van der Waals surface area contributed by atoms with E-state index in [-0.39, 0.29) is 11.5 Å². The fourth-order valence-electron chi connectivity index (χ4n) is 2.80. The van der Waals surface area contributed by atoms with Crippen molar-refractivity contribution < 1.29 is 4.79 Å². The molecule has 0 unspecified atom stereocenters. The third kappa shape index (κ3) is 3.82. The van der Waals surface area contributed by atoms with Crippen LogP contribution in [0.5, 0.6) is 0 Å². The minimum atomic E-state index is -0.0775. The normalized spacial score (nSPS) is 11.2. The van der Waals surface area contributed by atoms with Crippen molar-refractivity contribution in [1.82, 2.24) is 14.9 Å². The van der Waals surface area contributed by atoms with Crippen LogP contribution in [0.15, 0.2) is 29.1 Å². The molecule has 0 saturated heterocycles. The van der Waals surface area contributed by atoms with E-state index in [0.29, 0.717) is 35.4 Å². The van der Waals surface area contributed by atoms with Crippen LogP contribution in [-0.2, 0) is 11.3 Å². The number of carbonyl (C=O) groups excluding carboxylic acids is 1. The number of rotatable bonds is 7. The number of amides is 1. The number of aromatic amines is 1. The third-order valence-corrected chi connectivity index (χ3v) is 5.63. The molecular weight excluding hydrogens is 354 g/mol. The van der Waals surface area contributed by atoms with E-state index in [4.69, 9.17) is 12.2 Å². The summed E-state index contributed by atoms with van der Waals surface area (Å²) in [5.41, 5.74) is 0.732. The van der Waals surface area contributed by atoms with Gasteiger partial charge in [0.25, 0.3) is 5.56 Å². The van der Waals surface area contributed by atoms with Crippen LogP contribution in [0.4, 0.5) is 0 Å². The predicted octanol–water partition coefficient (Wildman–Crippen LogP) is 3.97. The molecule has 0 atom stereocenters. The number of aromatic nitrogens is 2. The van der Waals surface area contributed by atoms with Crippen LogP contribution in [0.3, 0.4) is 0 Å². The maximum absolute atomic E-state index is 12.8. The summed E-state index contributed by atoms with van der Waals surface area (Å²) in [5.74, 6) is 0.0272. The molecule has 132 valence electrons. The quantitative estimate of drug-likeness (QED) is 0.485. The number of nitrogens with one attached hydrogen (secondary N) is 2. The van der Waals surface area contributed by atoms with E-state index in [2.05, 4.69) is 17.2 Å². The average Bonchev–Trinajstić information content (AvgIpc) is 2.97. The zero-order valence-corrected chi connectivity index (χ0v) is 15.8. The van der Waals surface area contributed by atoms with Gasteiger partial charge in [-0.15, -0.1) is 11.3 Å². The van der Waals surface area contributed by atoms with Gasteiger partial charge >= 0.3 is 0 Å². The summed E-state index contributed by atoms with van der Waals surface area (Å²) in [4.78, 5) is 27.8. The van der Waals surface area contributed by atoms with Gasteiger partial charge in [-0.05, 0) is 31.1 Å². The van der Waals surface area contributed by atoms with Gasteiger partial charge in [-0.2, -0.15) is 0 Å². The largest absolute Gasteiger partial charge is 0.356 e. The number of hydrogen-bond acceptors (Lipinski definition) is 4. The second-order valence-corrected chi connectivity index (χ2v) is 7.44. The number of thiophene rings is 1. The van der Waals surface area contributed by atoms with Crippen LogP contribution in [0, 0.1) is 4.77 Å². The summed E-state index contributed by atoms with van der Waals surface area (Å²) < 4.78 is 3.72. The Bertz CT molecular complexity index is 1020. The van der Waals surface area contributed by atoms with Crippen molar-refractivity contribution in [2.75, 3.05) is 6.54 Å². The van der Waals surface area contributed by atoms with Gasteiger partial charge in [0.15, 0.2) is 4.77 Å². The Morgan fingerprint density at radius 3 is 2.92 bits per heavy atom. The first kappa shape index (κ1) is 17.8. The highest BCUT2D eigenvalue weighted by molar-refractivity contribution is 7.71. The maximum atomic E-state index is 12.8. The average molecular weight is 376 g/mol. The molecule has 2 N–H and O–H groups in total. The van der Waals surface area contributed by atoms with Gasteiger partial charge in [0.05, 0.1) is 5.52 Å². The van der Waals surface area contributed by atoms with E-state index in [9.17, 15) is 9.59 Å². The highest BCUT2D eigenvalue weighted by Gasteiger charge is 2.12. The van der Waals surface area contributed by atoms with Crippen LogP contribution in [-0.4, -0.2) is 22.0 Å². The molecule has 5 nitrogen and oxygen atoms in total. The highest BCUT2D eigenvalue weighted by Crippen LogP contribution is 2.29. The monoisotopic (exact) mass is 375 g/mol. The van der Waals surface area contributed by atoms with Gasteiger partial charge in [-0.25, -0.2) is 0 Å². The van der Waals surface area contributed by atoms with Crippen molar-refractivity contribution in [2.24, 2.45) is 0 Å². The van der Waals surface area contributed by atoms with Gasteiger partial charge in [0, 0.05) is 29.6 Å². The fourth-order valence-corrected chi connectivity index (χ4v) is 4.19. The summed E-state index contributed by atoms with van der Waals surface area (Å²) in [6, 6.07) is 7.90. The molecular formula is C18H21N3O2S2. The van der Waals surface area contributed by atoms with E-state index in [0.717, 1.165) is 28.4 Å². The van der Waals surface area contributed by atoms with Crippen LogP contribution in [0.25, 0.3) is 20.3 Å². The number of hydrogen-bond donors (Lipinski definition) is 2. The molecule has 3 rings (SSSR count). The second-order valence-electron chi connectivity index (χ2n) is 6.00. The van der Waals surface area contributed by atoms with Crippen LogP contribution in [0.1, 0.15) is 32.6 Å². The smallest absolute Gasteiger partial charge is 0.272 e. The lowest BCUT2D eigenvalue weighted by molar-refractivity contribution is -0.121. The molecule has 0 spiro atoms. The maximum Gasteiger partial charge on any atom is 0.272 e. The SMILES string of the molecule is CCCCNC(=O)CCCn1c(=S)[nH]c2c(sc3ccccc32)c1=O. The van der Waals surface area contributed by atoms with Gasteiger partial charge in [0.1, 0.15) is 4.70 Å². The summed E-state index contributed by atoms with van der Waals surface area (Å²) in [7, 11) is 0. The van der Waals surface area contributed by atoms with Gasteiger partial charge in [0.2, 0.25) is 5.91 Å². The van der Waals surface area contributed by atoms with E-state index in [1.807, 2.05) is 24.3 Å². The van der Waals surface area contributed by atoms with E-state index >= 15 is 0 Å². The minimum absolute atomic E-state index is 0.0272. The topological polar surface area (TPSA) is 66.9 Å². The Morgan fingerprint density at radius 1 is 1.32 bits per heavy atom. The van der Waals surface area contributed by atoms with Gasteiger partial charge < -0.3 is 10.3 Å². The molecule has 1 aromatic carbocycles. The molecule has 2 aromatic heterocycles. The summed E-state index contributed by atoms with van der Waals surface area (Å²) in [5, 5.41) is 3.91. The lowest BCUT2D eigenvalue weighted by Gasteiger charge is -2.07. The molecule has 3 aromatic rings. The first-order valence-electron chi connectivity index (χ1n) is 8.53. The Kier molecular flexibility index (Phi) is 5.65. The number of H-pyrrole nitrogens is 1. The standard InChI is InChI=1S/C18H21N3O2S2/c1-2-3-10-19-14(22)9-6-11-21-17(23)16-15(20-18(21)24)12-7-4-5-8-13(12)25-16/h4-5,7-8H,2-3,6,9-11H2,1H3,(H,19,22)(H,20,24). The lowest BCUT2D eigenvalue weighted by Crippen LogP contribution is -2.26. The number of unbranched alkanes of at least 4 members (excludes halogenated alkanes) is 1. The highest BCUT2D eigenvalue weighted by atomic mass is 32.1. The van der Waals surface area contributed by atoms with Gasteiger partial charge in [-0.3, -0.25) is 14.2 Å². The molecule has 0 aliphatic rings. The predicted molar refractivity (Wildman–Crippen MR) is 106 cm³/mol. The number of carbonyl (C=O) groups is 1. The first-order valence-corrected chi connectivity index (χ1v) is 9.75. The lowest BCUT2D eigenvalue weighted by atomic mass is 10.2. The number of nitrogens with zero attached hydrogens (tertiary/aromatic N) is 1. The zero-order valence-electron chi connectivity index (χ0n) is 14.1. The zero-order chi connectivity index (χ0) is 17.8. The van der Waals surface area contributed by atoms with E-state index in [1.165, 1.54) is 11.3 Å². The first-order chi connectivity index (χ1) is 12.1. The van der Waals surface area contributed by atoms with Crippen molar-refractivity contribution in [3.8, 4) is 0 Å². The van der Waals surface area contributed by atoms with Crippen LogP contribution < -0.4 is 10.9 Å². The molecule has 0 fully saturated rings. The Labute approximate surface area is 154 Å². The van der Waals surface area contributed by atoms with Crippen molar-refractivity contribution in [3.05, 3.63) is 39.4 Å². The molecule has 25 heavy (non-hydrogen) atoms. The van der Waals surface area contributed by atoms with Gasteiger partial charge in [-0.1, -0.05) is 31.5 Å². The minimum Gasteiger partial charge on any atom is -0.356 e. The Hall–Kier alpha value is -1.99. The number of fused-ring (bicyclic) bond motifs is 3. The van der Waals surface area contributed by atoms with Crippen molar-refractivity contribution in [3.63, 3.8) is 0 Å². The van der Waals surface area contributed by atoms with Crippen molar-refractivity contribution in [2.45, 2.75) is 39.2 Å². The molecule has 1 amide bonds. The Morgan fingerprint density at radius 2 is 2.12 bits per heavy atom. The van der Waals surface area contributed by atoms with Crippen molar-refractivity contribution in [1.29, 1.82) is 0 Å².